The predicted octanol–water partition coefficient (Wildman–Crippen LogP) is 4.93. The number of hydrogen-bond acceptors (Lipinski definition) is 4. The molecular formula is C26H29BrN2O4. The van der Waals surface area contributed by atoms with Crippen LogP contribution in [-0.4, -0.2) is 42.5 Å². The second-order valence-corrected chi connectivity index (χ2v) is 8.89. The quantitative estimate of drug-likeness (QED) is 0.441. The summed E-state index contributed by atoms with van der Waals surface area (Å²) in [5.74, 6) is 0.813. The number of amides is 2. The van der Waals surface area contributed by atoms with E-state index < -0.39 is 6.04 Å². The Morgan fingerprint density at radius 2 is 1.70 bits per heavy atom. The number of nitrogens with zero attached hydrogens (tertiary/aromatic N) is 1. The van der Waals surface area contributed by atoms with Crippen molar-refractivity contribution in [2.24, 2.45) is 0 Å². The minimum Gasteiger partial charge on any atom is -0.497 e. The Hall–Kier alpha value is -3.06. The maximum Gasteiger partial charge on any atom is 0.261 e. The average molecular weight is 513 g/mol. The van der Waals surface area contributed by atoms with E-state index in [-0.39, 0.29) is 31.0 Å². The van der Waals surface area contributed by atoms with Gasteiger partial charge in [0.1, 0.15) is 17.5 Å². The van der Waals surface area contributed by atoms with E-state index >= 15 is 0 Å². The summed E-state index contributed by atoms with van der Waals surface area (Å²) in [6, 6.07) is 18.5. The first-order valence-corrected chi connectivity index (χ1v) is 11.6. The topological polar surface area (TPSA) is 67.9 Å². The third-order valence-electron chi connectivity index (χ3n) is 5.29. The standard InChI is InChI=1S/C26H29BrN2O4/c1-17(2)28-26(31)18(3)29(15-19-9-12-21(32-4)13-10-19)24(30)16-33-23-14-11-20-7-5-6-8-22(20)25(23)27/h5-14,17-18H,15-16H2,1-4H3,(H,28,31)/t18-/m1/s1. The van der Waals surface area contributed by atoms with Crippen LogP contribution >= 0.6 is 15.9 Å². The van der Waals surface area contributed by atoms with Gasteiger partial charge in [-0.2, -0.15) is 0 Å². The van der Waals surface area contributed by atoms with E-state index in [0.717, 1.165) is 26.6 Å². The normalized spacial score (nSPS) is 11.8. The Labute approximate surface area is 203 Å². The zero-order chi connectivity index (χ0) is 24.0. The summed E-state index contributed by atoms with van der Waals surface area (Å²) >= 11 is 3.59. The number of methoxy groups -OCH3 is 1. The molecule has 1 N–H and O–H groups in total. The highest BCUT2D eigenvalue weighted by molar-refractivity contribution is 9.10. The molecule has 2 amide bonds. The number of rotatable bonds is 9. The van der Waals surface area contributed by atoms with Gasteiger partial charge in [0.2, 0.25) is 5.91 Å². The van der Waals surface area contributed by atoms with Crippen molar-refractivity contribution < 1.29 is 19.1 Å². The Balaban J connectivity index is 1.78. The number of benzene rings is 3. The van der Waals surface area contributed by atoms with Gasteiger partial charge in [-0.1, -0.05) is 42.5 Å². The zero-order valence-corrected chi connectivity index (χ0v) is 20.9. The van der Waals surface area contributed by atoms with Gasteiger partial charge in [0.05, 0.1) is 11.6 Å². The lowest BCUT2D eigenvalue weighted by molar-refractivity contribution is -0.142. The van der Waals surface area contributed by atoms with Crippen molar-refractivity contribution in [1.29, 1.82) is 0 Å². The van der Waals surface area contributed by atoms with Gasteiger partial charge in [-0.25, -0.2) is 0 Å². The molecule has 0 radical (unpaired) electrons. The van der Waals surface area contributed by atoms with Crippen LogP contribution in [-0.2, 0) is 16.1 Å². The van der Waals surface area contributed by atoms with E-state index in [1.165, 1.54) is 4.90 Å². The van der Waals surface area contributed by atoms with Crippen molar-refractivity contribution in [2.75, 3.05) is 13.7 Å². The van der Waals surface area contributed by atoms with Crippen molar-refractivity contribution in [1.82, 2.24) is 10.2 Å². The molecule has 0 bridgehead atoms. The number of carbonyl (C=O) groups excluding carboxylic acids is 2. The first-order valence-electron chi connectivity index (χ1n) is 10.8. The van der Waals surface area contributed by atoms with E-state index in [2.05, 4.69) is 21.2 Å². The number of carbonyl (C=O) groups is 2. The van der Waals surface area contributed by atoms with Gasteiger partial charge in [0.25, 0.3) is 5.91 Å². The number of nitrogens with one attached hydrogen (secondary N) is 1. The second kappa shape index (κ2) is 11.2. The highest BCUT2D eigenvalue weighted by Crippen LogP contribution is 2.33. The first kappa shape index (κ1) is 24.6. The predicted molar refractivity (Wildman–Crippen MR) is 133 cm³/mol. The zero-order valence-electron chi connectivity index (χ0n) is 19.3. The summed E-state index contributed by atoms with van der Waals surface area (Å²) in [5.41, 5.74) is 0.889. The van der Waals surface area contributed by atoms with Crippen molar-refractivity contribution in [3.8, 4) is 11.5 Å². The smallest absolute Gasteiger partial charge is 0.261 e. The molecule has 0 unspecified atom stereocenters. The lowest BCUT2D eigenvalue weighted by Gasteiger charge is -2.29. The number of fused-ring (bicyclic) bond motifs is 1. The molecule has 0 aliphatic heterocycles. The van der Waals surface area contributed by atoms with Crippen LogP contribution in [0.3, 0.4) is 0 Å². The van der Waals surface area contributed by atoms with Crippen LogP contribution in [0.4, 0.5) is 0 Å². The van der Waals surface area contributed by atoms with E-state index in [1.807, 2.05) is 74.5 Å². The molecule has 0 saturated heterocycles. The molecule has 0 spiro atoms. The van der Waals surface area contributed by atoms with Crippen LogP contribution in [0.5, 0.6) is 11.5 Å². The van der Waals surface area contributed by atoms with Crippen molar-refractivity contribution in [3.05, 3.63) is 70.7 Å². The van der Waals surface area contributed by atoms with Crippen LogP contribution in [0.2, 0.25) is 0 Å². The van der Waals surface area contributed by atoms with Crippen LogP contribution in [0, 0.1) is 0 Å². The fourth-order valence-electron chi connectivity index (χ4n) is 3.46. The number of ether oxygens (including phenoxy) is 2. The summed E-state index contributed by atoms with van der Waals surface area (Å²) in [6.45, 7) is 5.59. The van der Waals surface area contributed by atoms with Gasteiger partial charge < -0.3 is 19.7 Å². The molecule has 174 valence electrons. The third-order valence-corrected chi connectivity index (χ3v) is 6.11. The Morgan fingerprint density at radius 3 is 2.36 bits per heavy atom. The van der Waals surface area contributed by atoms with E-state index in [1.54, 1.807) is 14.0 Å². The summed E-state index contributed by atoms with van der Waals surface area (Å²) in [4.78, 5) is 27.5. The molecule has 3 aromatic rings. The largest absolute Gasteiger partial charge is 0.497 e. The molecule has 3 aromatic carbocycles. The van der Waals surface area contributed by atoms with Crippen LogP contribution < -0.4 is 14.8 Å². The molecular weight excluding hydrogens is 484 g/mol. The minimum absolute atomic E-state index is 0.0253. The molecule has 0 fully saturated rings. The van der Waals surface area contributed by atoms with Gasteiger partial charge >= 0.3 is 0 Å². The molecule has 0 aromatic heterocycles. The Morgan fingerprint density at radius 1 is 1.00 bits per heavy atom. The van der Waals surface area contributed by atoms with E-state index in [0.29, 0.717) is 5.75 Å². The SMILES string of the molecule is COc1ccc(CN(C(=O)COc2ccc3ccccc3c2Br)[C@H](C)C(=O)NC(C)C)cc1. The van der Waals surface area contributed by atoms with Gasteiger partial charge in [-0.15, -0.1) is 0 Å². The molecule has 0 saturated carbocycles. The molecule has 0 aliphatic rings. The highest BCUT2D eigenvalue weighted by atomic mass is 79.9. The van der Waals surface area contributed by atoms with Crippen LogP contribution in [0.15, 0.2) is 65.1 Å². The number of halogens is 1. The third kappa shape index (κ3) is 6.26. The molecule has 0 heterocycles. The highest BCUT2D eigenvalue weighted by Gasteiger charge is 2.27. The summed E-state index contributed by atoms with van der Waals surface area (Å²) in [5, 5.41) is 4.96. The minimum atomic E-state index is -0.661. The van der Waals surface area contributed by atoms with Crippen molar-refractivity contribution in [3.63, 3.8) is 0 Å². The van der Waals surface area contributed by atoms with Crippen LogP contribution in [0.25, 0.3) is 10.8 Å². The first-order chi connectivity index (χ1) is 15.8. The van der Waals surface area contributed by atoms with E-state index in [9.17, 15) is 9.59 Å². The summed E-state index contributed by atoms with van der Waals surface area (Å²) in [7, 11) is 1.60. The lowest BCUT2D eigenvalue weighted by atomic mass is 10.1. The molecule has 3 rings (SSSR count). The molecule has 1 atom stereocenters. The molecule has 7 heteroatoms. The van der Waals surface area contributed by atoms with Gasteiger partial charge in [0.15, 0.2) is 6.61 Å². The summed E-state index contributed by atoms with van der Waals surface area (Å²) < 4.78 is 11.9. The lowest BCUT2D eigenvalue weighted by Crippen LogP contribution is -2.50. The molecule has 0 aliphatic carbocycles. The van der Waals surface area contributed by atoms with E-state index in [4.69, 9.17) is 9.47 Å². The Kier molecular flexibility index (Phi) is 8.33. The van der Waals surface area contributed by atoms with Gasteiger partial charge in [-0.3, -0.25) is 9.59 Å². The molecule has 33 heavy (non-hydrogen) atoms. The fourth-order valence-corrected chi connectivity index (χ4v) is 4.07. The summed E-state index contributed by atoms with van der Waals surface area (Å²) in [6.07, 6.45) is 0. The van der Waals surface area contributed by atoms with Crippen LogP contribution in [0.1, 0.15) is 26.3 Å². The van der Waals surface area contributed by atoms with Crippen molar-refractivity contribution in [2.45, 2.75) is 39.4 Å². The van der Waals surface area contributed by atoms with Crippen molar-refractivity contribution >= 4 is 38.5 Å². The maximum absolute atomic E-state index is 13.2. The average Bonchev–Trinajstić information content (AvgIpc) is 2.81. The molecule has 6 nitrogen and oxygen atoms in total. The number of hydrogen-bond donors (Lipinski definition) is 1. The van der Waals surface area contributed by atoms with Gasteiger partial charge in [0, 0.05) is 12.6 Å². The van der Waals surface area contributed by atoms with Gasteiger partial charge in [-0.05, 0) is 71.2 Å². The monoisotopic (exact) mass is 512 g/mol. The maximum atomic E-state index is 13.2. The fraction of sp³-hybridized carbons (Fsp3) is 0.308. The second-order valence-electron chi connectivity index (χ2n) is 8.10. The Bertz CT molecular complexity index is 1110.